The summed E-state index contributed by atoms with van der Waals surface area (Å²) in [6, 6.07) is 3.47. The summed E-state index contributed by atoms with van der Waals surface area (Å²) in [5, 5.41) is 5.19. The normalized spacial score (nSPS) is 17.1. The van der Waals surface area contributed by atoms with Crippen molar-refractivity contribution in [2.45, 2.75) is 18.7 Å². The Bertz CT molecular complexity index is 1230. The zero-order chi connectivity index (χ0) is 21.4. The van der Waals surface area contributed by atoms with Gasteiger partial charge in [-0.25, -0.2) is 9.67 Å². The summed E-state index contributed by atoms with van der Waals surface area (Å²) in [6.07, 6.45) is 4.19. The molecule has 0 unspecified atom stereocenters. The molecule has 0 bridgehead atoms. The van der Waals surface area contributed by atoms with Crippen molar-refractivity contribution in [3.8, 4) is 0 Å². The first kappa shape index (κ1) is 20.2. The van der Waals surface area contributed by atoms with Crippen molar-refractivity contribution in [2.24, 2.45) is 7.05 Å². The predicted molar refractivity (Wildman–Crippen MR) is 122 cm³/mol. The van der Waals surface area contributed by atoms with E-state index in [-0.39, 0.29) is 11.1 Å². The van der Waals surface area contributed by atoms with Crippen LogP contribution >= 0.6 is 11.8 Å². The summed E-state index contributed by atoms with van der Waals surface area (Å²) in [4.78, 5) is 38.3. The molecule has 1 fully saturated rings. The lowest BCUT2D eigenvalue weighted by molar-refractivity contribution is 0.241. The Morgan fingerprint density at radius 2 is 1.97 bits per heavy atom. The molecule has 1 saturated heterocycles. The largest absolute Gasteiger partial charge is 0.340 e. The fourth-order valence-corrected chi connectivity index (χ4v) is 5.17. The number of fused-ring (bicyclic) bond motifs is 2. The molecular formula is C21H25N7O2S. The zero-order valence-corrected chi connectivity index (χ0v) is 18.3. The number of piperazine rings is 1. The van der Waals surface area contributed by atoms with Crippen molar-refractivity contribution in [3.63, 3.8) is 0 Å². The maximum atomic E-state index is 12.7. The number of thioether (sulfide) groups is 1. The highest BCUT2D eigenvalue weighted by Gasteiger charge is 2.21. The van der Waals surface area contributed by atoms with Crippen LogP contribution < -0.4 is 16.0 Å². The summed E-state index contributed by atoms with van der Waals surface area (Å²) in [7, 11) is 1.77. The summed E-state index contributed by atoms with van der Waals surface area (Å²) in [5.74, 6) is 2.64. The summed E-state index contributed by atoms with van der Waals surface area (Å²) in [6.45, 7) is 4.61. The highest BCUT2D eigenvalue weighted by atomic mass is 32.2. The van der Waals surface area contributed by atoms with E-state index in [2.05, 4.69) is 24.9 Å². The van der Waals surface area contributed by atoms with Crippen LogP contribution in [0, 0.1) is 0 Å². The van der Waals surface area contributed by atoms with E-state index in [4.69, 9.17) is 0 Å². The van der Waals surface area contributed by atoms with Crippen molar-refractivity contribution in [1.82, 2.24) is 29.2 Å². The van der Waals surface area contributed by atoms with Gasteiger partial charge in [-0.1, -0.05) is 0 Å². The van der Waals surface area contributed by atoms with Gasteiger partial charge in [0.15, 0.2) is 0 Å². The molecule has 0 saturated carbocycles. The first-order chi connectivity index (χ1) is 15.1. The van der Waals surface area contributed by atoms with Gasteiger partial charge in [-0.2, -0.15) is 16.9 Å². The summed E-state index contributed by atoms with van der Waals surface area (Å²) < 4.78 is 3.23. The van der Waals surface area contributed by atoms with Crippen LogP contribution in [0.15, 0.2) is 34.1 Å². The minimum absolute atomic E-state index is 0.0103. The Kier molecular flexibility index (Phi) is 5.49. The standard InChI is InChI=1S/C21H25N7O2S/c1-25-20(30)16-2-4-22-13-18(16)23-21(25)27-8-5-26(6-9-27)7-10-28-19(29)12-15-14-31-11-3-17(15)24-28/h2,4,12-13H,3,5-11,14H2,1H3. The Morgan fingerprint density at radius 1 is 1.13 bits per heavy atom. The molecule has 3 aromatic rings. The fourth-order valence-electron chi connectivity index (χ4n) is 4.21. The molecule has 0 aliphatic carbocycles. The van der Waals surface area contributed by atoms with Crippen LogP contribution in [0.2, 0.25) is 0 Å². The zero-order valence-electron chi connectivity index (χ0n) is 17.5. The molecule has 5 rings (SSSR count). The van der Waals surface area contributed by atoms with Crippen molar-refractivity contribution in [3.05, 3.63) is 56.5 Å². The minimum Gasteiger partial charge on any atom is -0.340 e. The second-order valence-electron chi connectivity index (χ2n) is 7.98. The van der Waals surface area contributed by atoms with E-state index < -0.39 is 0 Å². The highest BCUT2D eigenvalue weighted by molar-refractivity contribution is 7.98. The molecule has 2 aliphatic heterocycles. The van der Waals surface area contributed by atoms with Gasteiger partial charge in [-0.05, 0) is 17.4 Å². The molecule has 0 radical (unpaired) electrons. The molecule has 162 valence electrons. The number of aromatic nitrogens is 5. The van der Waals surface area contributed by atoms with Crippen molar-refractivity contribution < 1.29 is 0 Å². The first-order valence-corrected chi connectivity index (χ1v) is 11.7. The Hall–Kier alpha value is -2.72. The average Bonchev–Trinajstić information content (AvgIpc) is 2.80. The molecule has 10 heteroatoms. The van der Waals surface area contributed by atoms with E-state index in [9.17, 15) is 9.59 Å². The second-order valence-corrected chi connectivity index (χ2v) is 9.08. The third-order valence-corrected chi connectivity index (χ3v) is 7.05. The van der Waals surface area contributed by atoms with Gasteiger partial charge >= 0.3 is 0 Å². The lowest BCUT2D eigenvalue weighted by Gasteiger charge is -2.35. The van der Waals surface area contributed by atoms with Crippen molar-refractivity contribution in [1.29, 1.82) is 0 Å². The van der Waals surface area contributed by atoms with Gasteiger partial charge in [0.25, 0.3) is 11.1 Å². The minimum atomic E-state index is -0.0545. The quantitative estimate of drug-likeness (QED) is 0.581. The van der Waals surface area contributed by atoms with E-state index in [0.29, 0.717) is 23.4 Å². The number of hydrogen-bond acceptors (Lipinski definition) is 8. The topological polar surface area (TPSA) is 89.2 Å². The molecular weight excluding hydrogens is 414 g/mol. The lowest BCUT2D eigenvalue weighted by Crippen LogP contribution is -2.49. The van der Waals surface area contributed by atoms with Crippen LogP contribution in [-0.4, -0.2) is 67.7 Å². The van der Waals surface area contributed by atoms with Crippen LogP contribution in [0.4, 0.5) is 5.95 Å². The lowest BCUT2D eigenvalue weighted by atomic mass is 10.2. The highest BCUT2D eigenvalue weighted by Crippen LogP contribution is 2.21. The summed E-state index contributed by atoms with van der Waals surface area (Å²) >= 11 is 1.86. The average molecular weight is 440 g/mol. The van der Waals surface area contributed by atoms with Gasteiger partial charge in [0, 0.05) is 64.2 Å². The molecule has 0 atom stereocenters. The van der Waals surface area contributed by atoms with Crippen LogP contribution in [0.1, 0.15) is 11.3 Å². The SMILES string of the molecule is Cn1c(N2CCN(CCn3nc4c(cc3=O)CSCC4)CC2)nc2cnccc2c1=O. The maximum absolute atomic E-state index is 12.7. The van der Waals surface area contributed by atoms with Gasteiger partial charge in [0.05, 0.1) is 29.3 Å². The smallest absolute Gasteiger partial charge is 0.267 e. The molecule has 9 nitrogen and oxygen atoms in total. The molecule has 31 heavy (non-hydrogen) atoms. The third kappa shape index (κ3) is 3.97. The van der Waals surface area contributed by atoms with Crippen LogP contribution in [0.3, 0.4) is 0 Å². The third-order valence-electron chi connectivity index (χ3n) is 6.04. The molecule has 0 aromatic carbocycles. The van der Waals surface area contributed by atoms with Gasteiger partial charge in [-0.3, -0.25) is 24.0 Å². The number of hydrogen-bond donors (Lipinski definition) is 0. The number of nitrogens with zero attached hydrogens (tertiary/aromatic N) is 7. The van der Waals surface area contributed by atoms with Gasteiger partial charge < -0.3 is 4.90 Å². The number of aryl methyl sites for hydroxylation is 1. The van der Waals surface area contributed by atoms with E-state index >= 15 is 0 Å². The van der Waals surface area contributed by atoms with Crippen molar-refractivity contribution in [2.75, 3.05) is 43.4 Å². The Labute approximate surface area is 183 Å². The number of anilines is 1. The molecule has 2 aliphatic rings. The molecule has 5 heterocycles. The van der Waals surface area contributed by atoms with E-state index in [0.717, 1.165) is 61.9 Å². The number of rotatable bonds is 4. The monoisotopic (exact) mass is 439 g/mol. The Balaban J connectivity index is 1.24. The van der Waals surface area contributed by atoms with Crippen LogP contribution in [0.25, 0.3) is 10.9 Å². The maximum Gasteiger partial charge on any atom is 0.267 e. The van der Waals surface area contributed by atoms with E-state index in [1.54, 1.807) is 40.8 Å². The molecule has 0 spiro atoms. The summed E-state index contributed by atoms with van der Waals surface area (Å²) in [5.41, 5.74) is 2.72. The fraction of sp³-hybridized carbons (Fsp3) is 0.476. The van der Waals surface area contributed by atoms with Gasteiger partial charge in [0.2, 0.25) is 5.95 Å². The van der Waals surface area contributed by atoms with Gasteiger partial charge in [-0.15, -0.1) is 0 Å². The van der Waals surface area contributed by atoms with E-state index in [1.165, 1.54) is 0 Å². The molecule has 0 amide bonds. The van der Waals surface area contributed by atoms with Crippen LogP contribution in [-0.2, 0) is 25.8 Å². The van der Waals surface area contributed by atoms with Crippen LogP contribution in [0.5, 0.6) is 0 Å². The van der Waals surface area contributed by atoms with Gasteiger partial charge in [0.1, 0.15) is 0 Å². The van der Waals surface area contributed by atoms with Crippen molar-refractivity contribution >= 4 is 28.6 Å². The molecule has 0 N–H and O–H groups in total. The van der Waals surface area contributed by atoms with E-state index in [1.807, 2.05) is 11.8 Å². The second kappa shape index (κ2) is 8.43. The number of pyridine rings is 1. The Morgan fingerprint density at radius 3 is 2.81 bits per heavy atom. The first-order valence-electron chi connectivity index (χ1n) is 10.6. The predicted octanol–water partition coefficient (Wildman–Crippen LogP) is 0.497. The molecule has 3 aromatic heterocycles.